The SMILES string of the molecule is Cl.O=S(=O)(c1cnn(C2CCOC2)c1)N1CCNCC1c1cccnc1. The first-order valence-electron chi connectivity index (χ1n) is 8.40. The summed E-state index contributed by atoms with van der Waals surface area (Å²) in [5, 5.41) is 7.53. The number of sulfonamides is 1. The van der Waals surface area contributed by atoms with Crippen LogP contribution in [0.15, 0.2) is 41.8 Å². The number of rotatable bonds is 4. The van der Waals surface area contributed by atoms with Crippen molar-refractivity contribution in [1.29, 1.82) is 0 Å². The highest BCUT2D eigenvalue weighted by atomic mass is 35.5. The number of piperazine rings is 1. The first kappa shape index (κ1) is 19.2. The average Bonchev–Trinajstić information content (AvgIpc) is 3.34. The van der Waals surface area contributed by atoms with Crippen molar-refractivity contribution < 1.29 is 13.2 Å². The molecular weight excluding hydrogens is 378 g/mol. The molecule has 142 valence electrons. The Balaban J connectivity index is 0.00000196. The Bertz CT molecular complexity index is 823. The van der Waals surface area contributed by atoms with E-state index < -0.39 is 10.0 Å². The number of hydrogen-bond donors (Lipinski definition) is 1. The number of aromatic nitrogens is 3. The van der Waals surface area contributed by atoms with E-state index in [-0.39, 0.29) is 29.4 Å². The molecule has 8 nitrogen and oxygen atoms in total. The number of pyridine rings is 1. The predicted molar refractivity (Wildman–Crippen MR) is 97.7 cm³/mol. The molecule has 0 saturated carbocycles. The van der Waals surface area contributed by atoms with Crippen LogP contribution in [0.3, 0.4) is 0 Å². The number of hydrogen-bond acceptors (Lipinski definition) is 6. The van der Waals surface area contributed by atoms with E-state index in [2.05, 4.69) is 15.4 Å². The average molecular weight is 400 g/mol. The lowest BCUT2D eigenvalue weighted by Gasteiger charge is -2.34. The van der Waals surface area contributed by atoms with Gasteiger partial charge in [0.05, 0.1) is 24.9 Å². The quantitative estimate of drug-likeness (QED) is 0.824. The van der Waals surface area contributed by atoms with Gasteiger partial charge in [-0.1, -0.05) is 6.07 Å². The summed E-state index contributed by atoms with van der Waals surface area (Å²) < 4.78 is 35.0. The molecule has 0 bridgehead atoms. The topological polar surface area (TPSA) is 89.3 Å². The number of ether oxygens (including phenoxy) is 1. The van der Waals surface area contributed by atoms with Crippen molar-refractivity contribution in [2.24, 2.45) is 0 Å². The minimum atomic E-state index is -3.63. The molecule has 26 heavy (non-hydrogen) atoms. The molecule has 4 rings (SSSR count). The van der Waals surface area contributed by atoms with Crippen LogP contribution in [0.25, 0.3) is 0 Å². The van der Waals surface area contributed by atoms with Gasteiger partial charge in [0, 0.05) is 44.8 Å². The fourth-order valence-electron chi connectivity index (χ4n) is 3.35. The Morgan fingerprint density at radius 1 is 1.31 bits per heavy atom. The Labute approximate surface area is 159 Å². The van der Waals surface area contributed by atoms with Gasteiger partial charge in [-0.3, -0.25) is 9.67 Å². The highest BCUT2D eigenvalue weighted by molar-refractivity contribution is 7.89. The first-order valence-corrected chi connectivity index (χ1v) is 9.84. The Morgan fingerprint density at radius 2 is 2.19 bits per heavy atom. The zero-order chi connectivity index (χ0) is 17.3. The summed E-state index contributed by atoms with van der Waals surface area (Å²) in [7, 11) is -3.63. The summed E-state index contributed by atoms with van der Waals surface area (Å²) in [6.45, 7) is 2.87. The van der Waals surface area contributed by atoms with Crippen molar-refractivity contribution in [3.05, 3.63) is 42.5 Å². The summed E-state index contributed by atoms with van der Waals surface area (Å²) in [5.41, 5.74) is 0.884. The summed E-state index contributed by atoms with van der Waals surface area (Å²) in [4.78, 5) is 4.36. The number of nitrogens with zero attached hydrogens (tertiary/aromatic N) is 4. The second kappa shape index (κ2) is 8.01. The van der Waals surface area contributed by atoms with Crippen molar-refractivity contribution in [3.63, 3.8) is 0 Å². The van der Waals surface area contributed by atoms with Crippen LogP contribution in [0.4, 0.5) is 0 Å². The van der Waals surface area contributed by atoms with Crippen molar-refractivity contribution in [3.8, 4) is 0 Å². The highest BCUT2D eigenvalue weighted by Crippen LogP contribution is 2.29. The van der Waals surface area contributed by atoms with Gasteiger partial charge in [-0.2, -0.15) is 9.40 Å². The van der Waals surface area contributed by atoms with Crippen LogP contribution >= 0.6 is 12.4 Å². The molecule has 4 heterocycles. The van der Waals surface area contributed by atoms with E-state index >= 15 is 0 Å². The Hall–Kier alpha value is -1.52. The maximum absolute atomic E-state index is 13.2. The summed E-state index contributed by atoms with van der Waals surface area (Å²) >= 11 is 0. The lowest BCUT2D eigenvalue weighted by atomic mass is 10.1. The van der Waals surface area contributed by atoms with Crippen LogP contribution < -0.4 is 5.32 Å². The third kappa shape index (κ3) is 3.63. The fourth-order valence-corrected chi connectivity index (χ4v) is 4.91. The van der Waals surface area contributed by atoms with E-state index in [9.17, 15) is 8.42 Å². The molecule has 0 aromatic carbocycles. The summed E-state index contributed by atoms with van der Waals surface area (Å²) in [5.74, 6) is 0. The third-order valence-corrected chi connectivity index (χ3v) is 6.59. The van der Waals surface area contributed by atoms with E-state index in [1.165, 1.54) is 6.20 Å². The van der Waals surface area contributed by atoms with E-state index in [1.807, 2.05) is 12.1 Å². The number of nitrogens with one attached hydrogen (secondary N) is 1. The van der Waals surface area contributed by atoms with Crippen molar-refractivity contribution in [2.75, 3.05) is 32.8 Å². The van der Waals surface area contributed by atoms with Gasteiger partial charge in [0.1, 0.15) is 4.90 Å². The lowest BCUT2D eigenvalue weighted by Crippen LogP contribution is -2.48. The van der Waals surface area contributed by atoms with Crippen LogP contribution in [0.1, 0.15) is 24.1 Å². The lowest BCUT2D eigenvalue weighted by molar-refractivity contribution is 0.184. The molecule has 2 aromatic rings. The molecule has 2 unspecified atom stereocenters. The molecule has 0 radical (unpaired) electrons. The summed E-state index contributed by atoms with van der Waals surface area (Å²) in [6, 6.07) is 3.57. The number of halogens is 1. The molecule has 0 amide bonds. The maximum atomic E-state index is 13.2. The van der Waals surface area contributed by atoms with Crippen molar-refractivity contribution >= 4 is 22.4 Å². The van der Waals surface area contributed by atoms with Crippen LogP contribution in [0.5, 0.6) is 0 Å². The van der Waals surface area contributed by atoms with Gasteiger partial charge in [-0.25, -0.2) is 8.42 Å². The minimum absolute atomic E-state index is 0. The molecule has 10 heteroatoms. The Kier molecular flexibility index (Phi) is 5.93. The van der Waals surface area contributed by atoms with Crippen molar-refractivity contribution in [2.45, 2.75) is 23.4 Å². The fraction of sp³-hybridized carbons (Fsp3) is 0.500. The zero-order valence-electron chi connectivity index (χ0n) is 14.2. The van der Waals surface area contributed by atoms with Gasteiger partial charge in [0.25, 0.3) is 0 Å². The van der Waals surface area contributed by atoms with Gasteiger partial charge in [0.15, 0.2) is 0 Å². The molecule has 2 saturated heterocycles. The van der Waals surface area contributed by atoms with E-state index in [0.717, 1.165) is 12.0 Å². The maximum Gasteiger partial charge on any atom is 0.246 e. The standard InChI is InChI=1S/C16H21N5O3S.ClH/c22-25(23,15-9-19-20(11-15)14-3-7-24-12-14)21-6-5-18-10-16(21)13-2-1-4-17-8-13;/h1-2,4,8-9,11,14,16,18H,3,5-7,10,12H2;1H. The molecule has 2 aromatic heterocycles. The molecule has 2 atom stereocenters. The molecule has 2 fully saturated rings. The van der Waals surface area contributed by atoms with Crippen LogP contribution in [-0.2, 0) is 14.8 Å². The predicted octanol–water partition coefficient (Wildman–Crippen LogP) is 0.996. The molecule has 2 aliphatic rings. The van der Waals surface area contributed by atoms with Crippen LogP contribution in [0.2, 0.25) is 0 Å². The van der Waals surface area contributed by atoms with Crippen LogP contribution in [-0.4, -0.2) is 60.3 Å². The highest BCUT2D eigenvalue weighted by Gasteiger charge is 2.35. The molecule has 2 aliphatic heterocycles. The summed E-state index contributed by atoms with van der Waals surface area (Å²) in [6.07, 6.45) is 7.33. The largest absolute Gasteiger partial charge is 0.379 e. The first-order chi connectivity index (χ1) is 12.2. The van der Waals surface area contributed by atoms with E-state index in [4.69, 9.17) is 4.74 Å². The molecule has 0 spiro atoms. The second-order valence-corrected chi connectivity index (χ2v) is 8.19. The van der Waals surface area contributed by atoms with E-state index in [0.29, 0.717) is 32.8 Å². The Morgan fingerprint density at radius 3 is 2.92 bits per heavy atom. The van der Waals surface area contributed by atoms with Crippen LogP contribution in [0, 0.1) is 0 Å². The normalized spacial score (nSPS) is 24.3. The minimum Gasteiger partial charge on any atom is -0.379 e. The monoisotopic (exact) mass is 399 g/mol. The molecule has 0 aliphatic carbocycles. The van der Waals surface area contributed by atoms with E-state index in [1.54, 1.807) is 27.6 Å². The van der Waals surface area contributed by atoms with Gasteiger partial charge in [0.2, 0.25) is 10.0 Å². The van der Waals surface area contributed by atoms with Crippen molar-refractivity contribution in [1.82, 2.24) is 24.4 Å². The van der Waals surface area contributed by atoms with Gasteiger partial charge < -0.3 is 10.1 Å². The van der Waals surface area contributed by atoms with Gasteiger partial charge in [-0.05, 0) is 18.1 Å². The zero-order valence-corrected chi connectivity index (χ0v) is 15.8. The molecule has 1 N–H and O–H groups in total. The second-order valence-electron chi connectivity index (χ2n) is 6.30. The smallest absolute Gasteiger partial charge is 0.246 e. The third-order valence-electron chi connectivity index (χ3n) is 4.73. The van der Waals surface area contributed by atoms with Gasteiger partial charge in [-0.15, -0.1) is 12.4 Å². The molecular formula is C16H22ClN5O3S. The van der Waals surface area contributed by atoms with Gasteiger partial charge >= 0.3 is 0 Å².